The first-order valence-electron chi connectivity index (χ1n) is 6.88. The summed E-state index contributed by atoms with van der Waals surface area (Å²) in [5.74, 6) is 6.73. The highest BCUT2D eigenvalue weighted by Crippen LogP contribution is 2.47. The van der Waals surface area contributed by atoms with E-state index in [9.17, 15) is 0 Å². The largest absolute Gasteiger partial charge is 0.494 e. The molecule has 0 amide bonds. The molecule has 0 bridgehead atoms. The molecule has 1 fully saturated rings. The van der Waals surface area contributed by atoms with Crippen LogP contribution in [-0.2, 0) is 0 Å². The Balaban J connectivity index is 2.24. The summed E-state index contributed by atoms with van der Waals surface area (Å²) in [5, 5.41) is 0. The Bertz CT molecular complexity index is 386. The summed E-state index contributed by atoms with van der Waals surface area (Å²) in [6.07, 6.45) is 5.08. The fourth-order valence-electron chi connectivity index (χ4n) is 3.12. The molecule has 0 spiro atoms. The zero-order valence-electron chi connectivity index (χ0n) is 11.4. The van der Waals surface area contributed by atoms with Crippen LogP contribution in [0.1, 0.15) is 51.1 Å². The van der Waals surface area contributed by atoms with E-state index in [0.717, 1.165) is 5.75 Å². The molecule has 18 heavy (non-hydrogen) atoms. The van der Waals surface area contributed by atoms with E-state index in [4.69, 9.17) is 10.6 Å². The van der Waals surface area contributed by atoms with Crippen molar-refractivity contribution in [1.82, 2.24) is 5.43 Å². The van der Waals surface area contributed by atoms with Crippen LogP contribution in [-0.4, -0.2) is 6.61 Å². The summed E-state index contributed by atoms with van der Waals surface area (Å²) in [4.78, 5) is 0. The topological polar surface area (TPSA) is 47.3 Å². The molecular formula is C15H24N2O. The summed E-state index contributed by atoms with van der Waals surface area (Å²) >= 11 is 0. The van der Waals surface area contributed by atoms with Crippen LogP contribution in [0, 0.1) is 5.41 Å². The van der Waals surface area contributed by atoms with E-state index in [1.807, 2.05) is 19.1 Å². The number of nitrogens with one attached hydrogen (secondary N) is 1. The number of ether oxygens (including phenoxy) is 1. The number of benzene rings is 1. The van der Waals surface area contributed by atoms with Gasteiger partial charge in [-0.15, -0.1) is 0 Å². The van der Waals surface area contributed by atoms with Crippen molar-refractivity contribution in [3.05, 3.63) is 29.8 Å². The van der Waals surface area contributed by atoms with E-state index >= 15 is 0 Å². The van der Waals surface area contributed by atoms with Crippen molar-refractivity contribution in [1.29, 1.82) is 0 Å². The third-order valence-corrected chi connectivity index (χ3v) is 4.11. The molecule has 0 radical (unpaired) electrons. The van der Waals surface area contributed by atoms with E-state index in [-0.39, 0.29) is 11.5 Å². The molecule has 3 nitrogen and oxygen atoms in total. The van der Waals surface area contributed by atoms with E-state index in [1.54, 1.807) is 0 Å². The quantitative estimate of drug-likeness (QED) is 0.621. The molecule has 3 N–H and O–H groups in total. The number of rotatable bonds is 5. The van der Waals surface area contributed by atoms with Gasteiger partial charge in [0.15, 0.2) is 0 Å². The smallest absolute Gasteiger partial charge is 0.119 e. The van der Waals surface area contributed by atoms with Crippen molar-refractivity contribution in [2.24, 2.45) is 11.3 Å². The lowest BCUT2D eigenvalue weighted by Gasteiger charge is -2.34. The van der Waals surface area contributed by atoms with Crippen molar-refractivity contribution < 1.29 is 4.74 Å². The van der Waals surface area contributed by atoms with Crippen LogP contribution in [0.3, 0.4) is 0 Å². The molecule has 0 heterocycles. The molecule has 0 aromatic heterocycles. The Hall–Kier alpha value is -1.06. The monoisotopic (exact) mass is 248 g/mol. The number of hydrazine groups is 1. The van der Waals surface area contributed by atoms with Gasteiger partial charge >= 0.3 is 0 Å². The highest BCUT2D eigenvalue weighted by atomic mass is 16.5. The molecule has 1 unspecified atom stereocenters. The Morgan fingerprint density at radius 2 is 2.11 bits per heavy atom. The first-order valence-corrected chi connectivity index (χ1v) is 6.88. The van der Waals surface area contributed by atoms with Gasteiger partial charge in [0.1, 0.15) is 5.75 Å². The Labute approximate surface area is 110 Å². The maximum Gasteiger partial charge on any atom is 0.119 e. The van der Waals surface area contributed by atoms with Gasteiger partial charge in [-0.2, -0.15) is 0 Å². The lowest BCUT2D eigenvalue weighted by Crippen LogP contribution is -2.38. The van der Waals surface area contributed by atoms with Crippen LogP contribution in [0.2, 0.25) is 0 Å². The van der Waals surface area contributed by atoms with Crippen molar-refractivity contribution in [2.45, 2.75) is 45.6 Å². The fraction of sp³-hybridized carbons (Fsp3) is 0.600. The zero-order valence-corrected chi connectivity index (χ0v) is 11.4. The molecule has 1 aromatic rings. The van der Waals surface area contributed by atoms with Gasteiger partial charge in [0.05, 0.1) is 12.6 Å². The molecule has 1 aromatic carbocycles. The summed E-state index contributed by atoms with van der Waals surface area (Å²) in [6.45, 7) is 5.03. The molecular weight excluding hydrogens is 224 g/mol. The van der Waals surface area contributed by atoms with Crippen LogP contribution < -0.4 is 16.0 Å². The maximum atomic E-state index is 5.80. The summed E-state index contributed by atoms with van der Waals surface area (Å²) in [5.41, 5.74) is 4.51. The lowest BCUT2D eigenvalue weighted by atomic mass is 9.77. The van der Waals surface area contributed by atoms with Crippen molar-refractivity contribution in [3.8, 4) is 5.75 Å². The van der Waals surface area contributed by atoms with Gasteiger partial charge in [-0.1, -0.05) is 31.9 Å². The van der Waals surface area contributed by atoms with Crippen molar-refractivity contribution in [2.75, 3.05) is 6.61 Å². The highest BCUT2D eigenvalue weighted by molar-refractivity contribution is 5.31. The van der Waals surface area contributed by atoms with Gasteiger partial charge < -0.3 is 4.74 Å². The number of hydrogen-bond acceptors (Lipinski definition) is 3. The van der Waals surface area contributed by atoms with Crippen molar-refractivity contribution in [3.63, 3.8) is 0 Å². The molecule has 3 heteroatoms. The van der Waals surface area contributed by atoms with Crippen LogP contribution in [0.5, 0.6) is 5.75 Å². The fourth-order valence-corrected chi connectivity index (χ4v) is 3.12. The van der Waals surface area contributed by atoms with Gasteiger partial charge in [-0.05, 0) is 42.9 Å². The van der Waals surface area contributed by atoms with Crippen LogP contribution in [0.15, 0.2) is 24.3 Å². The Morgan fingerprint density at radius 3 is 2.72 bits per heavy atom. The molecule has 0 aliphatic heterocycles. The van der Waals surface area contributed by atoms with Gasteiger partial charge in [0.2, 0.25) is 0 Å². The molecule has 2 rings (SSSR count). The Morgan fingerprint density at radius 1 is 1.39 bits per heavy atom. The van der Waals surface area contributed by atoms with Gasteiger partial charge in [-0.25, -0.2) is 0 Å². The van der Waals surface area contributed by atoms with E-state index in [2.05, 4.69) is 24.5 Å². The van der Waals surface area contributed by atoms with E-state index < -0.39 is 0 Å². The first kappa shape index (κ1) is 13.4. The van der Waals surface area contributed by atoms with E-state index in [0.29, 0.717) is 6.61 Å². The standard InChI is InChI=1S/C15H24N2O/c1-3-18-13-8-6-7-12(11-13)14(17-16)15(2)9-4-5-10-15/h6-8,11,14,17H,3-5,9-10,16H2,1-2H3. The Kier molecular flexibility index (Phi) is 4.25. The zero-order chi connectivity index (χ0) is 13.0. The molecule has 1 saturated carbocycles. The predicted octanol–water partition coefficient (Wildman–Crippen LogP) is 3.17. The normalized spacial score (nSPS) is 19.7. The molecule has 1 aliphatic carbocycles. The first-order chi connectivity index (χ1) is 8.69. The number of hydrogen-bond donors (Lipinski definition) is 2. The van der Waals surface area contributed by atoms with Crippen LogP contribution in [0.4, 0.5) is 0 Å². The maximum absolute atomic E-state index is 5.80. The highest BCUT2D eigenvalue weighted by Gasteiger charge is 2.37. The van der Waals surface area contributed by atoms with Crippen LogP contribution >= 0.6 is 0 Å². The lowest BCUT2D eigenvalue weighted by molar-refractivity contribution is 0.224. The average Bonchev–Trinajstić information content (AvgIpc) is 2.79. The van der Waals surface area contributed by atoms with Crippen molar-refractivity contribution >= 4 is 0 Å². The summed E-state index contributed by atoms with van der Waals surface area (Å²) in [7, 11) is 0. The van der Waals surface area contributed by atoms with Gasteiger partial charge in [-0.3, -0.25) is 11.3 Å². The predicted molar refractivity (Wildman–Crippen MR) is 74.3 cm³/mol. The summed E-state index contributed by atoms with van der Waals surface area (Å²) < 4.78 is 5.57. The molecule has 0 saturated heterocycles. The average molecular weight is 248 g/mol. The minimum atomic E-state index is 0.209. The van der Waals surface area contributed by atoms with Crippen LogP contribution in [0.25, 0.3) is 0 Å². The second-order valence-electron chi connectivity index (χ2n) is 5.47. The van der Waals surface area contributed by atoms with Gasteiger partial charge in [0.25, 0.3) is 0 Å². The second-order valence-corrected chi connectivity index (χ2v) is 5.47. The summed E-state index contributed by atoms with van der Waals surface area (Å²) in [6, 6.07) is 8.50. The molecule has 1 atom stereocenters. The minimum Gasteiger partial charge on any atom is -0.494 e. The number of nitrogens with two attached hydrogens (primary N) is 1. The third kappa shape index (κ3) is 2.68. The third-order valence-electron chi connectivity index (χ3n) is 4.11. The molecule has 100 valence electrons. The van der Waals surface area contributed by atoms with E-state index in [1.165, 1.54) is 31.2 Å². The minimum absolute atomic E-state index is 0.209. The second kappa shape index (κ2) is 5.72. The SMILES string of the molecule is CCOc1cccc(C(NN)C2(C)CCCC2)c1. The van der Waals surface area contributed by atoms with Gasteiger partial charge in [0, 0.05) is 0 Å². The molecule has 1 aliphatic rings.